The molecule has 0 spiro atoms. The highest BCUT2D eigenvalue weighted by Crippen LogP contribution is 2.07. The van der Waals surface area contributed by atoms with Gasteiger partial charge in [-0.25, -0.2) is 0 Å². The van der Waals surface area contributed by atoms with Crippen LogP contribution in [0.3, 0.4) is 0 Å². The lowest BCUT2D eigenvalue weighted by Gasteiger charge is -2.07. The van der Waals surface area contributed by atoms with Crippen molar-refractivity contribution in [3.8, 4) is 0 Å². The fraction of sp³-hybridized carbons (Fsp3) is 0.364. The first-order valence-electron chi connectivity index (χ1n) is 4.98. The van der Waals surface area contributed by atoms with Gasteiger partial charge in [0.2, 0.25) is 0 Å². The topological polar surface area (TPSA) is 67.2 Å². The Bertz CT molecular complexity index is 319. The predicted molar refractivity (Wildman–Crippen MR) is 61.4 cm³/mol. The quantitative estimate of drug-likeness (QED) is 0.516. The number of nitrogens with one attached hydrogen (secondary N) is 2. The van der Waals surface area contributed by atoms with E-state index in [1.165, 1.54) is 0 Å². The third kappa shape index (κ3) is 3.59. The lowest BCUT2D eigenvalue weighted by Crippen LogP contribution is -2.27. The molecule has 1 amide bonds. The van der Waals surface area contributed by atoms with E-state index in [1.807, 2.05) is 0 Å². The number of hydrogen-bond acceptors (Lipinski definition) is 3. The van der Waals surface area contributed by atoms with E-state index >= 15 is 0 Å². The summed E-state index contributed by atoms with van der Waals surface area (Å²) in [5, 5.41) is 2.85. The summed E-state index contributed by atoms with van der Waals surface area (Å²) in [5.41, 5.74) is 3.95. The lowest BCUT2D eigenvalue weighted by atomic mass is 10.2. The molecule has 0 aliphatic carbocycles. The van der Waals surface area contributed by atoms with E-state index < -0.39 is 0 Å². The number of carbonyl (C=O) groups excluding carboxylic acids is 1. The Labute approximate surface area is 89.8 Å². The van der Waals surface area contributed by atoms with Gasteiger partial charge in [0.25, 0.3) is 5.91 Å². The number of rotatable bonds is 4. The summed E-state index contributed by atoms with van der Waals surface area (Å²) in [7, 11) is 0. The lowest BCUT2D eigenvalue weighted by molar-refractivity contribution is 0.0949. The zero-order valence-electron chi connectivity index (χ0n) is 9.08. The van der Waals surface area contributed by atoms with Gasteiger partial charge in [-0.2, -0.15) is 0 Å². The standard InChI is InChI=1S/C11H17N3O/c1-8(2)7-13-11(15)9-3-5-10(14-12)6-4-9/h3-6,8,14H,7,12H2,1-2H3,(H,13,15). The molecule has 82 valence electrons. The third-order valence-corrected chi connectivity index (χ3v) is 1.98. The van der Waals surface area contributed by atoms with Gasteiger partial charge in [0.05, 0.1) is 0 Å². The highest BCUT2D eigenvalue weighted by Gasteiger charge is 2.04. The second kappa shape index (κ2) is 5.36. The van der Waals surface area contributed by atoms with E-state index in [0.717, 1.165) is 5.69 Å². The maximum Gasteiger partial charge on any atom is 0.251 e. The van der Waals surface area contributed by atoms with Crippen molar-refractivity contribution in [3.05, 3.63) is 29.8 Å². The second-order valence-electron chi connectivity index (χ2n) is 3.83. The predicted octanol–water partition coefficient (Wildman–Crippen LogP) is 1.36. The molecule has 0 aromatic heterocycles. The Balaban J connectivity index is 2.58. The molecule has 1 rings (SSSR count). The van der Waals surface area contributed by atoms with Crippen LogP contribution in [-0.4, -0.2) is 12.5 Å². The second-order valence-corrected chi connectivity index (χ2v) is 3.83. The summed E-state index contributed by atoms with van der Waals surface area (Å²) in [4.78, 5) is 11.6. The Morgan fingerprint density at radius 3 is 2.40 bits per heavy atom. The number of amides is 1. The van der Waals surface area contributed by atoms with Gasteiger partial charge in [-0.05, 0) is 30.2 Å². The summed E-state index contributed by atoms with van der Waals surface area (Å²) in [6.07, 6.45) is 0. The average molecular weight is 207 g/mol. The number of nitrogen functional groups attached to an aromatic ring is 1. The molecule has 0 heterocycles. The van der Waals surface area contributed by atoms with Gasteiger partial charge in [0.15, 0.2) is 0 Å². The van der Waals surface area contributed by atoms with Gasteiger partial charge in [-0.1, -0.05) is 13.8 Å². The molecule has 0 saturated carbocycles. The number of nitrogens with two attached hydrogens (primary N) is 1. The molecule has 0 fully saturated rings. The van der Waals surface area contributed by atoms with Crippen LogP contribution in [0.25, 0.3) is 0 Å². The highest BCUT2D eigenvalue weighted by atomic mass is 16.1. The zero-order valence-corrected chi connectivity index (χ0v) is 9.08. The number of benzene rings is 1. The molecular weight excluding hydrogens is 190 g/mol. The molecule has 15 heavy (non-hydrogen) atoms. The Morgan fingerprint density at radius 1 is 1.33 bits per heavy atom. The third-order valence-electron chi connectivity index (χ3n) is 1.98. The van der Waals surface area contributed by atoms with Crippen LogP contribution in [0.2, 0.25) is 0 Å². The van der Waals surface area contributed by atoms with Crippen LogP contribution in [0.4, 0.5) is 5.69 Å². The average Bonchev–Trinajstić information content (AvgIpc) is 2.26. The normalized spacial score (nSPS) is 10.1. The Morgan fingerprint density at radius 2 is 1.93 bits per heavy atom. The van der Waals surface area contributed by atoms with Gasteiger partial charge >= 0.3 is 0 Å². The fourth-order valence-corrected chi connectivity index (χ4v) is 1.12. The van der Waals surface area contributed by atoms with Crippen molar-refractivity contribution in [1.29, 1.82) is 0 Å². The molecule has 1 aromatic rings. The van der Waals surface area contributed by atoms with Gasteiger partial charge < -0.3 is 10.7 Å². The Kier molecular flexibility index (Phi) is 4.12. The molecular formula is C11H17N3O. The summed E-state index contributed by atoms with van der Waals surface area (Å²) in [6.45, 7) is 4.80. The highest BCUT2D eigenvalue weighted by molar-refractivity contribution is 5.94. The molecule has 0 bridgehead atoms. The molecule has 0 atom stereocenters. The van der Waals surface area contributed by atoms with E-state index in [-0.39, 0.29) is 5.91 Å². The van der Waals surface area contributed by atoms with Gasteiger partial charge in [0.1, 0.15) is 0 Å². The van der Waals surface area contributed by atoms with E-state index in [2.05, 4.69) is 24.6 Å². The summed E-state index contributed by atoms with van der Waals surface area (Å²) < 4.78 is 0. The number of carbonyl (C=O) groups is 1. The van der Waals surface area contributed by atoms with E-state index in [1.54, 1.807) is 24.3 Å². The number of hydrogen-bond donors (Lipinski definition) is 3. The molecule has 4 N–H and O–H groups in total. The monoisotopic (exact) mass is 207 g/mol. The number of hydrazine groups is 1. The summed E-state index contributed by atoms with van der Waals surface area (Å²) >= 11 is 0. The van der Waals surface area contributed by atoms with Crippen LogP contribution in [0.15, 0.2) is 24.3 Å². The summed E-state index contributed by atoms with van der Waals surface area (Å²) in [5.74, 6) is 5.63. The van der Waals surface area contributed by atoms with Crippen molar-refractivity contribution in [2.75, 3.05) is 12.0 Å². The maximum atomic E-state index is 11.6. The number of anilines is 1. The first-order valence-corrected chi connectivity index (χ1v) is 4.98. The van der Waals surface area contributed by atoms with Crippen molar-refractivity contribution in [2.24, 2.45) is 11.8 Å². The van der Waals surface area contributed by atoms with E-state index in [0.29, 0.717) is 18.0 Å². The molecule has 0 saturated heterocycles. The van der Waals surface area contributed by atoms with E-state index in [9.17, 15) is 4.79 Å². The molecule has 0 aliphatic rings. The minimum absolute atomic E-state index is 0.0488. The van der Waals surface area contributed by atoms with Crippen LogP contribution in [0.1, 0.15) is 24.2 Å². The Hall–Kier alpha value is -1.55. The maximum absolute atomic E-state index is 11.6. The smallest absolute Gasteiger partial charge is 0.251 e. The van der Waals surface area contributed by atoms with Crippen LogP contribution < -0.4 is 16.6 Å². The minimum Gasteiger partial charge on any atom is -0.352 e. The van der Waals surface area contributed by atoms with Gasteiger partial charge in [0, 0.05) is 17.8 Å². The van der Waals surface area contributed by atoms with Crippen LogP contribution >= 0.6 is 0 Å². The molecule has 0 aliphatic heterocycles. The van der Waals surface area contributed by atoms with Crippen LogP contribution in [0, 0.1) is 5.92 Å². The van der Waals surface area contributed by atoms with Crippen LogP contribution in [0.5, 0.6) is 0 Å². The summed E-state index contributed by atoms with van der Waals surface area (Å²) in [6, 6.07) is 7.02. The van der Waals surface area contributed by atoms with Gasteiger partial charge in [-0.3, -0.25) is 10.6 Å². The van der Waals surface area contributed by atoms with E-state index in [4.69, 9.17) is 5.84 Å². The zero-order chi connectivity index (χ0) is 11.3. The van der Waals surface area contributed by atoms with Gasteiger partial charge in [-0.15, -0.1) is 0 Å². The molecule has 4 heteroatoms. The molecule has 1 aromatic carbocycles. The minimum atomic E-state index is -0.0488. The first-order chi connectivity index (χ1) is 7.13. The molecule has 4 nitrogen and oxygen atoms in total. The largest absolute Gasteiger partial charge is 0.352 e. The van der Waals surface area contributed by atoms with Crippen LogP contribution in [-0.2, 0) is 0 Å². The van der Waals surface area contributed by atoms with Crippen molar-refractivity contribution in [1.82, 2.24) is 5.32 Å². The van der Waals surface area contributed by atoms with Crippen molar-refractivity contribution >= 4 is 11.6 Å². The van der Waals surface area contributed by atoms with Crippen molar-refractivity contribution in [2.45, 2.75) is 13.8 Å². The first kappa shape index (κ1) is 11.5. The fourth-order valence-electron chi connectivity index (χ4n) is 1.12. The van der Waals surface area contributed by atoms with Crippen molar-refractivity contribution in [3.63, 3.8) is 0 Å². The molecule has 0 unspecified atom stereocenters. The van der Waals surface area contributed by atoms with Crippen molar-refractivity contribution < 1.29 is 4.79 Å². The molecule has 0 radical (unpaired) electrons. The SMILES string of the molecule is CC(C)CNC(=O)c1ccc(NN)cc1.